The second-order valence-electron chi connectivity index (χ2n) is 2.58. The average molecular weight is 224 g/mol. The first-order chi connectivity index (χ1) is 6.83. The summed E-state index contributed by atoms with van der Waals surface area (Å²) in [6.07, 6.45) is -4.98. The number of alkyl halides is 3. The highest BCUT2D eigenvalue weighted by Crippen LogP contribution is 2.31. The van der Waals surface area contributed by atoms with Crippen LogP contribution in [-0.2, 0) is 6.54 Å². The molecular formula is C7H7F3N2O3. The molecule has 1 aromatic heterocycles. The predicted octanol–water partition coefficient (Wildman–Crippen LogP) is 0.438. The lowest BCUT2D eigenvalue weighted by Gasteiger charge is -2.11. The third kappa shape index (κ3) is 2.88. The third-order valence-electron chi connectivity index (χ3n) is 1.49. The van der Waals surface area contributed by atoms with E-state index in [1.165, 1.54) is 0 Å². The first kappa shape index (κ1) is 11.4. The van der Waals surface area contributed by atoms with Gasteiger partial charge < -0.3 is 20.6 Å². The second-order valence-corrected chi connectivity index (χ2v) is 2.58. The van der Waals surface area contributed by atoms with Crippen LogP contribution in [0.1, 0.15) is 5.69 Å². The van der Waals surface area contributed by atoms with Gasteiger partial charge in [0.1, 0.15) is 0 Å². The van der Waals surface area contributed by atoms with Crippen LogP contribution in [0.25, 0.3) is 0 Å². The number of H-pyrrole nitrogens is 1. The van der Waals surface area contributed by atoms with Crippen molar-refractivity contribution in [1.82, 2.24) is 4.98 Å². The van der Waals surface area contributed by atoms with E-state index in [1.807, 2.05) is 0 Å². The molecule has 15 heavy (non-hydrogen) atoms. The standard InChI is InChI=1S/C7H7F3N2O3/c8-7(9,10)15-4-1-5(13)12-3(2-11)6(4)14/h1,14H,2,11H2,(H,12,13). The van der Waals surface area contributed by atoms with Crippen molar-refractivity contribution in [2.24, 2.45) is 5.73 Å². The smallest absolute Gasteiger partial charge is 0.503 e. The Morgan fingerprint density at radius 3 is 2.60 bits per heavy atom. The van der Waals surface area contributed by atoms with Crippen molar-refractivity contribution in [1.29, 1.82) is 0 Å². The van der Waals surface area contributed by atoms with E-state index >= 15 is 0 Å². The van der Waals surface area contributed by atoms with Crippen molar-refractivity contribution in [3.05, 3.63) is 22.1 Å². The molecule has 0 unspecified atom stereocenters. The number of rotatable bonds is 2. The van der Waals surface area contributed by atoms with Crippen LogP contribution in [0.15, 0.2) is 10.9 Å². The summed E-state index contributed by atoms with van der Waals surface area (Å²) < 4.78 is 38.9. The number of hydrogen-bond donors (Lipinski definition) is 3. The van der Waals surface area contributed by atoms with Crippen LogP contribution in [0.5, 0.6) is 11.5 Å². The van der Waals surface area contributed by atoms with Gasteiger partial charge in [0, 0.05) is 12.6 Å². The van der Waals surface area contributed by atoms with Gasteiger partial charge in [-0.1, -0.05) is 0 Å². The zero-order valence-corrected chi connectivity index (χ0v) is 7.26. The second kappa shape index (κ2) is 3.81. The molecule has 84 valence electrons. The number of hydrogen-bond acceptors (Lipinski definition) is 4. The molecule has 0 aliphatic rings. The fourth-order valence-corrected chi connectivity index (χ4v) is 0.930. The van der Waals surface area contributed by atoms with Gasteiger partial charge in [0.25, 0.3) is 5.56 Å². The zero-order valence-electron chi connectivity index (χ0n) is 7.26. The summed E-state index contributed by atoms with van der Waals surface area (Å²) in [6, 6.07) is 0.488. The Kier molecular flexibility index (Phi) is 2.89. The molecule has 0 amide bonds. The van der Waals surface area contributed by atoms with Crippen LogP contribution in [0.2, 0.25) is 0 Å². The van der Waals surface area contributed by atoms with Crippen molar-refractivity contribution in [2.45, 2.75) is 12.9 Å². The molecule has 1 aromatic rings. The lowest BCUT2D eigenvalue weighted by atomic mass is 10.3. The number of ether oxygens (including phenoxy) is 1. The lowest BCUT2D eigenvalue weighted by molar-refractivity contribution is -0.275. The number of nitrogens with two attached hydrogens (primary N) is 1. The predicted molar refractivity (Wildman–Crippen MR) is 43.3 cm³/mol. The maximum absolute atomic E-state index is 11.8. The molecule has 0 saturated heterocycles. The van der Waals surface area contributed by atoms with Gasteiger partial charge in [0.05, 0.1) is 5.69 Å². The molecule has 5 nitrogen and oxygen atoms in total. The van der Waals surface area contributed by atoms with E-state index in [2.05, 4.69) is 9.72 Å². The summed E-state index contributed by atoms with van der Waals surface area (Å²) in [5.41, 5.74) is 4.02. The molecule has 0 radical (unpaired) electrons. The molecule has 0 bridgehead atoms. The quantitative estimate of drug-likeness (QED) is 0.680. The number of aromatic hydroxyl groups is 1. The summed E-state index contributed by atoms with van der Waals surface area (Å²) in [6.45, 7) is -0.309. The summed E-state index contributed by atoms with van der Waals surface area (Å²) in [4.78, 5) is 12.9. The Morgan fingerprint density at radius 1 is 1.53 bits per heavy atom. The lowest BCUT2D eigenvalue weighted by Crippen LogP contribution is -2.20. The van der Waals surface area contributed by atoms with E-state index in [0.29, 0.717) is 6.07 Å². The third-order valence-corrected chi connectivity index (χ3v) is 1.49. The number of nitrogens with one attached hydrogen (secondary N) is 1. The highest BCUT2D eigenvalue weighted by Gasteiger charge is 2.33. The Bertz CT molecular complexity index is 413. The van der Waals surface area contributed by atoms with Gasteiger partial charge in [-0.15, -0.1) is 13.2 Å². The summed E-state index contributed by atoms with van der Waals surface area (Å²) in [5, 5.41) is 9.20. The van der Waals surface area contributed by atoms with Gasteiger partial charge in [-0.05, 0) is 0 Å². The van der Waals surface area contributed by atoms with E-state index in [0.717, 1.165) is 0 Å². The molecule has 1 heterocycles. The minimum Gasteiger partial charge on any atom is -0.503 e. The highest BCUT2D eigenvalue weighted by atomic mass is 19.4. The van der Waals surface area contributed by atoms with Crippen LogP contribution >= 0.6 is 0 Å². The number of aromatic nitrogens is 1. The number of aromatic amines is 1. The molecule has 0 aliphatic heterocycles. The highest BCUT2D eigenvalue weighted by molar-refractivity contribution is 5.41. The molecule has 0 fully saturated rings. The van der Waals surface area contributed by atoms with Crippen molar-refractivity contribution in [3.63, 3.8) is 0 Å². The first-order valence-electron chi connectivity index (χ1n) is 3.74. The number of pyridine rings is 1. The van der Waals surface area contributed by atoms with Gasteiger partial charge in [-0.2, -0.15) is 0 Å². The van der Waals surface area contributed by atoms with E-state index < -0.39 is 23.4 Å². The normalized spacial score (nSPS) is 11.5. The molecule has 0 spiro atoms. The molecule has 0 aliphatic carbocycles. The summed E-state index contributed by atoms with van der Waals surface area (Å²) in [7, 11) is 0. The van der Waals surface area contributed by atoms with Crippen molar-refractivity contribution in [3.8, 4) is 11.5 Å². The first-order valence-corrected chi connectivity index (χ1v) is 3.74. The van der Waals surface area contributed by atoms with Gasteiger partial charge >= 0.3 is 6.36 Å². The minimum absolute atomic E-state index is 0.221. The van der Waals surface area contributed by atoms with Gasteiger partial charge in [-0.25, -0.2) is 0 Å². The van der Waals surface area contributed by atoms with Crippen molar-refractivity contribution in [2.75, 3.05) is 0 Å². The van der Waals surface area contributed by atoms with E-state index in [1.54, 1.807) is 0 Å². The molecule has 0 atom stereocenters. The Hall–Kier alpha value is -1.70. The fourth-order valence-electron chi connectivity index (χ4n) is 0.930. The Balaban J connectivity index is 3.18. The van der Waals surface area contributed by atoms with E-state index in [9.17, 15) is 23.1 Å². The molecule has 8 heteroatoms. The Labute approximate surface area is 81.3 Å². The van der Waals surface area contributed by atoms with Gasteiger partial charge in [0.2, 0.25) is 0 Å². The van der Waals surface area contributed by atoms with E-state index in [-0.39, 0.29) is 12.2 Å². The average Bonchev–Trinajstić information content (AvgIpc) is 2.08. The molecule has 0 aromatic carbocycles. The Morgan fingerprint density at radius 2 is 2.13 bits per heavy atom. The monoisotopic (exact) mass is 224 g/mol. The van der Waals surface area contributed by atoms with Gasteiger partial charge in [-0.3, -0.25) is 4.79 Å². The zero-order chi connectivity index (χ0) is 11.6. The topological polar surface area (TPSA) is 88.3 Å². The van der Waals surface area contributed by atoms with Crippen molar-refractivity contribution >= 4 is 0 Å². The maximum Gasteiger partial charge on any atom is 0.573 e. The van der Waals surface area contributed by atoms with Crippen LogP contribution in [0.3, 0.4) is 0 Å². The van der Waals surface area contributed by atoms with Crippen molar-refractivity contribution < 1.29 is 23.0 Å². The molecule has 4 N–H and O–H groups in total. The van der Waals surface area contributed by atoms with Crippen LogP contribution in [0, 0.1) is 0 Å². The number of halogens is 3. The van der Waals surface area contributed by atoms with E-state index in [4.69, 9.17) is 5.73 Å². The van der Waals surface area contributed by atoms with Crippen LogP contribution in [-0.4, -0.2) is 16.5 Å². The maximum atomic E-state index is 11.8. The van der Waals surface area contributed by atoms with Crippen LogP contribution < -0.4 is 16.0 Å². The fraction of sp³-hybridized carbons (Fsp3) is 0.286. The summed E-state index contributed by atoms with van der Waals surface area (Å²) >= 11 is 0. The van der Waals surface area contributed by atoms with Gasteiger partial charge in [0.15, 0.2) is 11.5 Å². The molecular weight excluding hydrogens is 217 g/mol. The summed E-state index contributed by atoms with van der Waals surface area (Å²) in [5.74, 6) is -1.79. The molecule has 0 saturated carbocycles. The largest absolute Gasteiger partial charge is 0.573 e. The molecule has 1 rings (SSSR count). The minimum atomic E-state index is -4.98. The SMILES string of the molecule is NCc1[nH]c(=O)cc(OC(F)(F)F)c1O. The van der Waals surface area contributed by atoms with Crippen LogP contribution in [0.4, 0.5) is 13.2 Å².